The summed E-state index contributed by atoms with van der Waals surface area (Å²) in [6.45, 7) is 0.704. The van der Waals surface area contributed by atoms with E-state index in [1.807, 2.05) is 0 Å². The summed E-state index contributed by atoms with van der Waals surface area (Å²) in [5.74, 6) is 0.0773. The number of aryl methyl sites for hydroxylation is 1. The van der Waals surface area contributed by atoms with Gasteiger partial charge in [0.05, 0.1) is 12.3 Å². The number of aliphatic carboxylic acids is 1. The van der Waals surface area contributed by atoms with Gasteiger partial charge in [0, 0.05) is 12.8 Å². The van der Waals surface area contributed by atoms with Crippen LogP contribution in [0, 0.1) is 0 Å². The van der Waals surface area contributed by atoms with Crippen LogP contribution in [0.3, 0.4) is 0 Å². The lowest BCUT2D eigenvalue weighted by molar-refractivity contribution is -0.137. The molecule has 0 atom stereocenters. The van der Waals surface area contributed by atoms with Crippen molar-refractivity contribution in [1.29, 1.82) is 0 Å². The fourth-order valence-electron chi connectivity index (χ4n) is 1.58. The van der Waals surface area contributed by atoms with Gasteiger partial charge >= 0.3 is 5.97 Å². The molecule has 2 N–H and O–H groups in total. The second kappa shape index (κ2) is 3.69. The number of nitrogens with zero attached hydrogens (tertiary/aromatic N) is 1. The standard InChI is InChI=1S/C9H12N2O3/c12-8(13)3-1-2-6-9-7(11-10-6)4-5-14-9/h1-5H2,(H,10,11)(H,12,13). The third-order valence-electron chi connectivity index (χ3n) is 2.26. The fraction of sp³-hybridized carbons (Fsp3) is 0.556. The zero-order valence-corrected chi connectivity index (χ0v) is 7.75. The first-order valence-corrected chi connectivity index (χ1v) is 4.68. The van der Waals surface area contributed by atoms with Gasteiger partial charge in [0.1, 0.15) is 5.69 Å². The van der Waals surface area contributed by atoms with E-state index in [9.17, 15) is 4.79 Å². The number of rotatable bonds is 4. The van der Waals surface area contributed by atoms with Gasteiger partial charge < -0.3 is 9.84 Å². The number of carbonyl (C=O) groups is 1. The van der Waals surface area contributed by atoms with Crippen molar-refractivity contribution in [3.05, 3.63) is 11.4 Å². The molecule has 14 heavy (non-hydrogen) atoms. The van der Waals surface area contributed by atoms with E-state index in [0.717, 1.165) is 23.6 Å². The van der Waals surface area contributed by atoms with Crippen LogP contribution < -0.4 is 4.74 Å². The van der Waals surface area contributed by atoms with Crippen LogP contribution in [0.15, 0.2) is 0 Å². The Morgan fingerprint density at radius 3 is 3.29 bits per heavy atom. The largest absolute Gasteiger partial charge is 0.489 e. The SMILES string of the molecule is O=C(O)CCCc1n[nH]c2c1OCC2. The van der Waals surface area contributed by atoms with Crippen molar-refractivity contribution in [3.63, 3.8) is 0 Å². The van der Waals surface area contributed by atoms with E-state index in [1.54, 1.807) is 0 Å². The number of ether oxygens (including phenoxy) is 1. The molecule has 76 valence electrons. The summed E-state index contributed by atoms with van der Waals surface area (Å²) in [6.07, 6.45) is 2.33. The van der Waals surface area contributed by atoms with E-state index in [0.29, 0.717) is 19.4 Å². The Kier molecular flexibility index (Phi) is 2.39. The van der Waals surface area contributed by atoms with Crippen LogP contribution in [-0.4, -0.2) is 27.9 Å². The monoisotopic (exact) mass is 196 g/mol. The van der Waals surface area contributed by atoms with E-state index in [2.05, 4.69) is 10.2 Å². The van der Waals surface area contributed by atoms with Gasteiger partial charge in [-0.2, -0.15) is 5.10 Å². The molecule has 0 aliphatic carbocycles. The number of hydrogen-bond donors (Lipinski definition) is 2. The van der Waals surface area contributed by atoms with Crippen LogP contribution in [0.2, 0.25) is 0 Å². The molecular weight excluding hydrogens is 184 g/mol. The minimum atomic E-state index is -0.766. The second-order valence-electron chi connectivity index (χ2n) is 3.32. The number of hydrogen-bond acceptors (Lipinski definition) is 3. The average Bonchev–Trinajstić information content (AvgIpc) is 2.67. The lowest BCUT2D eigenvalue weighted by Gasteiger charge is -1.98. The van der Waals surface area contributed by atoms with E-state index in [1.165, 1.54) is 0 Å². The smallest absolute Gasteiger partial charge is 0.303 e. The Labute approximate surface area is 81.1 Å². The first-order chi connectivity index (χ1) is 6.77. The van der Waals surface area contributed by atoms with Crippen LogP contribution in [0.5, 0.6) is 5.75 Å². The van der Waals surface area contributed by atoms with Crippen LogP contribution in [0.25, 0.3) is 0 Å². The molecule has 5 nitrogen and oxygen atoms in total. The molecule has 0 amide bonds. The van der Waals surface area contributed by atoms with Crippen molar-refractivity contribution in [2.45, 2.75) is 25.7 Å². The molecule has 0 bridgehead atoms. The van der Waals surface area contributed by atoms with E-state index >= 15 is 0 Å². The first kappa shape index (κ1) is 9.05. The van der Waals surface area contributed by atoms with Crippen molar-refractivity contribution >= 4 is 5.97 Å². The molecule has 0 saturated heterocycles. The number of H-pyrrole nitrogens is 1. The zero-order valence-electron chi connectivity index (χ0n) is 7.75. The molecule has 0 spiro atoms. The van der Waals surface area contributed by atoms with Crippen molar-refractivity contribution in [3.8, 4) is 5.75 Å². The normalized spacial score (nSPS) is 13.7. The van der Waals surface area contributed by atoms with Crippen LogP contribution in [0.4, 0.5) is 0 Å². The first-order valence-electron chi connectivity index (χ1n) is 4.68. The lowest BCUT2D eigenvalue weighted by Crippen LogP contribution is -1.98. The van der Waals surface area contributed by atoms with Gasteiger partial charge in [-0.3, -0.25) is 9.89 Å². The Hall–Kier alpha value is -1.52. The molecule has 1 aliphatic heterocycles. The number of aromatic nitrogens is 2. The van der Waals surface area contributed by atoms with Crippen molar-refractivity contribution in [2.24, 2.45) is 0 Å². The highest BCUT2D eigenvalue weighted by Crippen LogP contribution is 2.27. The number of carboxylic acids is 1. The summed E-state index contributed by atoms with van der Waals surface area (Å²) in [5.41, 5.74) is 1.90. The van der Waals surface area contributed by atoms with E-state index in [-0.39, 0.29) is 6.42 Å². The molecule has 1 aliphatic rings. The minimum absolute atomic E-state index is 0.182. The molecular formula is C9H12N2O3. The van der Waals surface area contributed by atoms with Crippen molar-refractivity contribution in [1.82, 2.24) is 10.2 Å². The van der Waals surface area contributed by atoms with Crippen LogP contribution >= 0.6 is 0 Å². The molecule has 1 aromatic heterocycles. The average molecular weight is 196 g/mol. The topological polar surface area (TPSA) is 75.2 Å². The minimum Gasteiger partial charge on any atom is -0.489 e. The number of nitrogens with one attached hydrogen (secondary N) is 1. The number of fused-ring (bicyclic) bond motifs is 1. The van der Waals surface area contributed by atoms with Gasteiger partial charge in [-0.15, -0.1) is 0 Å². The maximum Gasteiger partial charge on any atom is 0.303 e. The highest BCUT2D eigenvalue weighted by molar-refractivity contribution is 5.66. The van der Waals surface area contributed by atoms with E-state index in [4.69, 9.17) is 9.84 Å². The lowest BCUT2D eigenvalue weighted by atomic mass is 10.2. The Morgan fingerprint density at radius 1 is 1.64 bits per heavy atom. The highest BCUT2D eigenvalue weighted by atomic mass is 16.5. The highest BCUT2D eigenvalue weighted by Gasteiger charge is 2.19. The molecule has 0 fully saturated rings. The van der Waals surface area contributed by atoms with Gasteiger partial charge in [0.2, 0.25) is 0 Å². The summed E-state index contributed by atoms with van der Waals surface area (Å²) < 4.78 is 5.39. The quantitative estimate of drug-likeness (QED) is 0.745. The Morgan fingerprint density at radius 2 is 2.50 bits per heavy atom. The molecule has 5 heteroatoms. The maximum absolute atomic E-state index is 10.3. The number of carboxylic acid groups (broad SMARTS) is 1. The third kappa shape index (κ3) is 1.71. The van der Waals surface area contributed by atoms with E-state index < -0.39 is 5.97 Å². The summed E-state index contributed by atoms with van der Waals surface area (Å²) in [6, 6.07) is 0. The van der Waals surface area contributed by atoms with Gasteiger partial charge in [-0.1, -0.05) is 0 Å². The predicted molar refractivity (Wildman–Crippen MR) is 48.4 cm³/mol. The molecule has 2 rings (SSSR count). The third-order valence-corrected chi connectivity index (χ3v) is 2.26. The zero-order chi connectivity index (χ0) is 9.97. The van der Waals surface area contributed by atoms with Crippen LogP contribution in [0.1, 0.15) is 24.2 Å². The summed E-state index contributed by atoms with van der Waals surface area (Å²) in [4.78, 5) is 10.3. The summed E-state index contributed by atoms with van der Waals surface area (Å²) >= 11 is 0. The molecule has 2 heterocycles. The molecule has 0 saturated carbocycles. The van der Waals surface area contributed by atoms with Crippen molar-refractivity contribution in [2.75, 3.05) is 6.61 Å². The number of aromatic amines is 1. The van der Waals surface area contributed by atoms with Gasteiger partial charge in [-0.25, -0.2) is 0 Å². The molecule has 0 aromatic carbocycles. The maximum atomic E-state index is 10.3. The van der Waals surface area contributed by atoms with Crippen LogP contribution in [-0.2, 0) is 17.6 Å². The summed E-state index contributed by atoms with van der Waals surface area (Å²) in [5, 5.41) is 15.5. The Balaban J connectivity index is 1.93. The van der Waals surface area contributed by atoms with Gasteiger partial charge in [-0.05, 0) is 12.8 Å². The molecule has 0 unspecified atom stereocenters. The van der Waals surface area contributed by atoms with Gasteiger partial charge in [0.25, 0.3) is 0 Å². The molecule has 0 radical (unpaired) electrons. The predicted octanol–water partition coefficient (Wildman–Crippen LogP) is 0.752. The summed E-state index contributed by atoms with van der Waals surface area (Å²) in [7, 11) is 0. The van der Waals surface area contributed by atoms with Gasteiger partial charge in [0.15, 0.2) is 5.75 Å². The Bertz CT molecular complexity index is 346. The fourth-order valence-corrected chi connectivity index (χ4v) is 1.58. The second-order valence-corrected chi connectivity index (χ2v) is 3.32. The molecule has 1 aromatic rings. The van der Waals surface area contributed by atoms with Crippen molar-refractivity contribution < 1.29 is 14.6 Å².